The topological polar surface area (TPSA) is 59.0 Å². The molecule has 0 unspecified atom stereocenters. The van der Waals surface area contributed by atoms with Crippen LogP contribution in [0.3, 0.4) is 0 Å². The number of nitrogens with one attached hydrogen (secondary N) is 2. The number of hydrogen-bond acceptors (Lipinski definition) is 3. The maximum absolute atomic E-state index is 11.7. The highest BCUT2D eigenvalue weighted by Crippen LogP contribution is 2.18. The van der Waals surface area contributed by atoms with Crippen LogP contribution in [0.5, 0.6) is 0 Å². The zero-order valence-electron chi connectivity index (χ0n) is 11.4. The van der Waals surface area contributed by atoms with E-state index in [0.717, 1.165) is 12.2 Å². The summed E-state index contributed by atoms with van der Waals surface area (Å²) in [5, 5.41) is 6.34. The van der Waals surface area contributed by atoms with Gasteiger partial charge in [-0.2, -0.15) is 0 Å². The number of carbonyl (C=O) groups is 1. The minimum Gasteiger partial charge on any atom is -0.350 e. The Morgan fingerprint density at radius 3 is 2.83 bits per heavy atom. The fraction of sp³-hybridized carbons (Fsp3) is 0.692. The Morgan fingerprint density at radius 2 is 2.22 bits per heavy atom. The van der Waals surface area contributed by atoms with Crippen LogP contribution in [0.25, 0.3) is 0 Å². The normalized spacial score (nSPS) is 15.7. The average molecular weight is 250 g/mol. The number of imidazole rings is 1. The third kappa shape index (κ3) is 4.49. The van der Waals surface area contributed by atoms with Gasteiger partial charge in [0.15, 0.2) is 0 Å². The van der Waals surface area contributed by atoms with Gasteiger partial charge in [-0.05, 0) is 33.6 Å². The third-order valence-corrected chi connectivity index (χ3v) is 2.68. The summed E-state index contributed by atoms with van der Waals surface area (Å²) in [5.41, 5.74) is 0.805. The Bertz CT molecular complexity index is 415. The van der Waals surface area contributed by atoms with Crippen molar-refractivity contribution in [2.45, 2.75) is 58.3 Å². The Hall–Kier alpha value is -1.36. The molecule has 0 radical (unpaired) electrons. The summed E-state index contributed by atoms with van der Waals surface area (Å²) in [4.78, 5) is 16.0. The molecule has 0 saturated heterocycles. The second-order valence-electron chi connectivity index (χ2n) is 5.99. The zero-order chi connectivity index (χ0) is 13.2. The van der Waals surface area contributed by atoms with Gasteiger partial charge in [0.2, 0.25) is 5.91 Å². The molecule has 0 bridgehead atoms. The Morgan fingerprint density at radius 1 is 1.50 bits per heavy atom. The monoisotopic (exact) mass is 250 g/mol. The van der Waals surface area contributed by atoms with Crippen molar-refractivity contribution in [3.05, 3.63) is 18.2 Å². The lowest BCUT2D eigenvalue weighted by molar-refractivity contribution is -0.123. The molecule has 0 aliphatic heterocycles. The molecule has 0 atom stereocenters. The fourth-order valence-corrected chi connectivity index (χ4v) is 1.74. The molecule has 1 heterocycles. The first kappa shape index (κ1) is 13.1. The number of aromatic nitrogens is 2. The van der Waals surface area contributed by atoms with Crippen LogP contribution >= 0.6 is 0 Å². The summed E-state index contributed by atoms with van der Waals surface area (Å²) < 4.78 is 1.82. The van der Waals surface area contributed by atoms with Crippen LogP contribution in [0.4, 0.5) is 0 Å². The van der Waals surface area contributed by atoms with Crippen molar-refractivity contribution < 1.29 is 4.79 Å². The Labute approximate surface area is 108 Å². The molecule has 5 heteroatoms. The third-order valence-electron chi connectivity index (χ3n) is 2.68. The first-order valence-corrected chi connectivity index (χ1v) is 6.47. The van der Waals surface area contributed by atoms with Crippen LogP contribution < -0.4 is 10.6 Å². The molecule has 1 aromatic heterocycles. The standard InChI is InChI=1S/C13H22N4O/c1-13(2,3)16-12(18)8-17-7-11(15-9-17)6-14-10-4-5-10/h7,9-10,14H,4-6,8H2,1-3H3,(H,16,18). The van der Waals surface area contributed by atoms with Crippen LogP contribution in [0, 0.1) is 0 Å². The van der Waals surface area contributed by atoms with Crippen molar-refractivity contribution in [3.8, 4) is 0 Å². The van der Waals surface area contributed by atoms with E-state index in [4.69, 9.17) is 0 Å². The van der Waals surface area contributed by atoms with Gasteiger partial charge in [-0.1, -0.05) is 0 Å². The van der Waals surface area contributed by atoms with Crippen LogP contribution in [0.2, 0.25) is 0 Å². The summed E-state index contributed by atoms with van der Waals surface area (Å²) in [5.74, 6) is 0.0154. The largest absolute Gasteiger partial charge is 0.350 e. The lowest BCUT2D eigenvalue weighted by atomic mass is 10.1. The van der Waals surface area contributed by atoms with Gasteiger partial charge in [0.05, 0.1) is 12.0 Å². The maximum Gasteiger partial charge on any atom is 0.240 e. The number of carbonyl (C=O) groups excluding carboxylic acids is 1. The Balaban J connectivity index is 1.79. The van der Waals surface area contributed by atoms with E-state index < -0.39 is 0 Å². The SMILES string of the molecule is CC(C)(C)NC(=O)Cn1cnc(CNC2CC2)c1. The van der Waals surface area contributed by atoms with E-state index >= 15 is 0 Å². The molecule has 18 heavy (non-hydrogen) atoms. The summed E-state index contributed by atoms with van der Waals surface area (Å²) in [6, 6.07) is 0.680. The maximum atomic E-state index is 11.7. The van der Waals surface area contributed by atoms with E-state index in [1.807, 2.05) is 31.5 Å². The second-order valence-corrected chi connectivity index (χ2v) is 5.99. The molecule has 100 valence electrons. The van der Waals surface area contributed by atoms with Gasteiger partial charge in [-0.25, -0.2) is 4.98 Å². The molecule has 0 spiro atoms. The molecule has 1 amide bonds. The minimum absolute atomic E-state index is 0.0154. The van der Waals surface area contributed by atoms with Gasteiger partial charge in [-0.15, -0.1) is 0 Å². The van der Waals surface area contributed by atoms with Crippen LogP contribution in [-0.2, 0) is 17.9 Å². The van der Waals surface area contributed by atoms with E-state index in [2.05, 4.69) is 15.6 Å². The van der Waals surface area contributed by atoms with Crippen molar-refractivity contribution in [2.24, 2.45) is 0 Å². The molecule has 1 saturated carbocycles. The van der Waals surface area contributed by atoms with Crippen molar-refractivity contribution in [3.63, 3.8) is 0 Å². The lowest BCUT2D eigenvalue weighted by Gasteiger charge is -2.20. The minimum atomic E-state index is -0.186. The van der Waals surface area contributed by atoms with Gasteiger partial charge in [0, 0.05) is 24.3 Å². The second kappa shape index (κ2) is 5.10. The highest BCUT2D eigenvalue weighted by atomic mass is 16.2. The van der Waals surface area contributed by atoms with E-state index in [1.54, 1.807) is 6.33 Å². The van der Waals surface area contributed by atoms with Gasteiger partial charge in [0.25, 0.3) is 0 Å². The molecular weight excluding hydrogens is 228 g/mol. The molecule has 1 fully saturated rings. The van der Waals surface area contributed by atoms with Gasteiger partial charge in [-0.3, -0.25) is 4.79 Å². The average Bonchev–Trinajstić information content (AvgIpc) is 2.94. The van der Waals surface area contributed by atoms with Gasteiger partial charge < -0.3 is 15.2 Å². The molecular formula is C13H22N4O. The number of nitrogens with zero attached hydrogens (tertiary/aromatic N) is 2. The van der Waals surface area contributed by atoms with Crippen molar-refractivity contribution in [2.75, 3.05) is 0 Å². The Kier molecular flexibility index (Phi) is 3.71. The number of hydrogen-bond donors (Lipinski definition) is 2. The van der Waals surface area contributed by atoms with Crippen molar-refractivity contribution in [1.29, 1.82) is 0 Å². The van der Waals surface area contributed by atoms with Crippen LogP contribution in [0.1, 0.15) is 39.3 Å². The van der Waals surface area contributed by atoms with E-state index in [9.17, 15) is 4.79 Å². The zero-order valence-corrected chi connectivity index (χ0v) is 11.4. The first-order valence-electron chi connectivity index (χ1n) is 6.47. The first-order chi connectivity index (χ1) is 8.42. The number of rotatable bonds is 5. The van der Waals surface area contributed by atoms with Crippen molar-refractivity contribution >= 4 is 5.91 Å². The molecule has 1 aromatic rings. The van der Waals surface area contributed by atoms with Gasteiger partial charge in [0.1, 0.15) is 6.54 Å². The van der Waals surface area contributed by atoms with E-state index in [1.165, 1.54) is 12.8 Å². The van der Waals surface area contributed by atoms with Crippen LogP contribution in [-0.4, -0.2) is 27.0 Å². The molecule has 5 nitrogen and oxygen atoms in total. The molecule has 2 N–H and O–H groups in total. The molecule has 2 rings (SSSR count). The summed E-state index contributed by atoms with van der Waals surface area (Å²) in [7, 11) is 0. The predicted molar refractivity (Wildman–Crippen MR) is 70.0 cm³/mol. The van der Waals surface area contributed by atoms with Gasteiger partial charge >= 0.3 is 0 Å². The smallest absolute Gasteiger partial charge is 0.240 e. The fourth-order valence-electron chi connectivity index (χ4n) is 1.74. The summed E-state index contributed by atoms with van der Waals surface area (Å²) in [6.07, 6.45) is 6.19. The van der Waals surface area contributed by atoms with Crippen LogP contribution in [0.15, 0.2) is 12.5 Å². The van der Waals surface area contributed by atoms with Crippen molar-refractivity contribution in [1.82, 2.24) is 20.2 Å². The molecule has 0 aromatic carbocycles. The molecule has 1 aliphatic rings. The highest BCUT2D eigenvalue weighted by Gasteiger charge is 2.20. The quantitative estimate of drug-likeness (QED) is 0.821. The van der Waals surface area contributed by atoms with E-state index in [-0.39, 0.29) is 11.4 Å². The molecule has 1 aliphatic carbocycles. The van der Waals surface area contributed by atoms with E-state index in [0.29, 0.717) is 12.6 Å². The lowest BCUT2D eigenvalue weighted by Crippen LogP contribution is -2.42. The summed E-state index contributed by atoms with van der Waals surface area (Å²) >= 11 is 0. The predicted octanol–water partition coefficient (Wildman–Crippen LogP) is 1.05. The number of amides is 1. The summed E-state index contributed by atoms with van der Waals surface area (Å²) in [6.45, 7) is 7.05. The highest BCUT2D eigenvalue weighted by molar-refractivity contribution is 5.76.